The van der Waals surface area contributed by atoms with Gasteiger partial charge in [0.05, 0.1) is 19.2 Å². The largest absolute Gasteiger partial charge is 0.465 e. The van der Waals surface area contributed by atoms with Crippen molar-refractivity contribution >= 4 is 5.91 Å². The average Bonchev–Trinajstić information content (AvgIpc) is 2.89. The normalized spacial score (nSPS) is 19.5. The quantitative estimate of drug-likeness (QED) is 0.776. The molecule has 0 aromatic carbocycles. The summed E-state index contributed by atoms with van der Waals surface area (Å²) in [5.74, 6) is 2.05. The topological polar surface area (TPSA) is 45.9 Å². The van der Waals surface area contributed by atoms with Crippen molar-refractivity contribution < 1.29 is 13.9 Å². The summed E-state index contributed by atoms with van der Waals surface area (Å²) >= 11 is 0. The Kier molecular flexibility index (Phi) is 6.03. The van der Waals surface area contributed by atoms with Gasteiger partial charge in [0.25, 0.3) is 0 Å². The molecule has 1 aromatic rings. The Labute approximate surface area is 133 Å². The van der Waals surface area contributed by atoms with Gasteiger partial charge in [-0.05, 0) is 45.7 Å². The van der Waals surface area contributed by atoms with E-state index in [4.69, 9.17) is 9.15 Å². The van der Waals surface area contributed by atoms with Gasteiger partial charge in [0, 0.05) is 26.2 Å². The Morgan fingerprint density at radius 3 is 2.82 bits per heavy atom. The molecule has 0 N–H and O–H groups in total. The zero-order valence-electron chi connectivity index (χ0n) is 14.2. The molecule has 2 rings (SSSR count). The molecule has 5 heteroatoms. The predicted octanol–water partition coefficient (Wildman–Crippen LogP) is 2.44. The van der Waals surface area contributed by atoms with E-state index in [1.54, 1.807) is 7.11 Å². The number of carbonyl (C=O) groups excluding carboxylic acids is 1. The van der Waals surface area contributed by atoms with Gasteiger partial charge in [-0.15, -0.1) is 0 Å². The summed E-state index contributed by atoms with van der Waals surface area (Å²) in [5, 5.41) is 0. The summed E-state index contributed by atoms with van der Waals surface area (Å²) in [6.07, 6.45) is 1.96. The van der Waals surface area contributed by atoms with Crippen molar-refractivity contribution in [3.8, 4) is 0 Å². The van der Waals surface area contributed by atoms with E-state index in [-0.39, 0.29) is 18.0 Å². The molecule has 0 radical (unpaired) electrons. The maximum absolute atomic E-state index is 12.8. The lowest BCUT2D eigenvalue weighted by Gasteiger charge is -2.40. The van der Waals surface area contributed by atoms with Crippen LogP contribution in [0.25, 0.3) is 0 Å². The van der Waals surface area contributed by atoms with Crippen LogP contribution in [0.3, 0.4) is 0 Å². The third-order valence-electron chi connectivity index (χ3n) is 4.25. The minimum absolute atomic E-state index is 0.0725. The molecule has 1 aliphatic heterocycles. The van der Waals surface area contributed by atoms with Crippen molar-refractivity contribution in [3.05, 3.63) is 23.7 Å². The molecule has 1 fully saturated rings. The van der Waals surface area contributed by atoms with Gasteiger partial charge in [-0.3, -0.25) is 9.69 Å². The number of piperidine rings is 1. The van der Waals surface area contributed by atoms with Crippen LogP contribution < -0.4 is 0 Å². The maximum Gasteiger partial charge on any atom is 0.240 e. The number of carbonyl (C=O) groups is 1. The lowest BCUT2D eigenvalue weighted by Crippen LogP contribution is -2.54. The average molecular weight is 308 g/mol. The van der Waals surface area contributed by atoms with Crippen LogP contribution in [0.2, 0.25) is 0 Å². The SMILES string of the molecule is COCCN(Cc1ccc(C)o1)[C@@H]1CCCN(C(C)C)C1=O. The molecular weight excluding hydrogens is 280 g/mol. The van der Waals surface area contributed by atoms with Crippen molar-refractivity contribution in [2.75, 3.05) is 26.8 Å². The Bertz CT molecular complexity index is 484. The first-order valence-electron chi connectivity index (χ1n) is 8.11. The molecule has 1 aliphatic rings. The van der Waals surface area contributed by atoms with Crippen LogP contribution in [0.5, 0.6) is 0 Å². The van der Waals surface area contributed by atoms with Crippen LogP contribution in [0.15, 0.2) is 16.5 Å². The third kappa shape index (κ3) is 4.11. The van der Waals surface area contributed by atoms with Crippen molar-refractivity contribution in [3.63, 3.8) is 0 Å². The number of ether oxygens (including phenoxy) is 1. The summed E-state index contributed by atoms with van der Waals surface area (Å²) in [5.41, 5.74) is 0. The van der Waals surface area contributed by atoms with E-state index in [2.05, 4.69) is 18.7 Å². The van der Waals surface area contributed by atoms with E-state index < -0.39 is 0 Å². The highest BCUT2D eigenvalue weighted by Crippen LogP contribution is 2.21. The smallest absolute Gasteiger partial charge is 0.240 e. The number of hydrogen-bond donors (Lipinski definition) is 0. The number of nitrogens with zero attached hydrogens (tertiary/aromatic N) is 2. The molecule has 124 valence electrons. The Morgan fingerprint density at radius 2 is 2.23 bits per heavy atom. The number of rotatable bonds is 7. The molecule has 0 spiro atoms. The Balaban J connectivity index is 2.11. The zero-order valence-corrected chi connectivity index (χ0v) is 14.2. The molecule has 1 amide bonds. The molecule has 5 nitrogen and oxygen atoms in total. The van der Waals surface area contributed by atoms with Crippen molar-refractivity contribution in [1.82, 2.24) is 9.80 Å². The van der Waals surface area contributed by atoms with Gasteiger partial charge in [-0.2, -0.15) is 0 Å². The van der Waals surface area contributed by atoms with Crippen LogP contribution in [0.4, 0.5) is 0 Å². The lowest BCUT2D eigenvalue weighted by molar-refractivity contribution is -0.142. The fraction of sp³-hybridized carbons (Fsp3) is 0.706. The van der Waals surface area contributed by atoms with Gasteiger partial charge >= 0.3 is 0 Å². The number of aryl methyl sites for hydroxylation is 1. The molecule has 0 unspecified atom stereocenters. The van der Waals surface area contributed by atoms with E-state index in [1.165, 1.54) is 0 Å². The molecule has 0 saturated carbocycles. The second kappa shape index (κ2) is 7.79. The van der Waals surface area contributed by atoms with Crippen LogP contribution in [-0.2, 0) is 16.1 Å². The van der Waals surface area contributed by atoms with E-state index in [0.717, 1.165) is 37.5 Å². The first-order chi connectivity index (χ1) is 10.5. The van der Waals surface area contributed by atoms with Gasteiger partial charge in [0.15, 0.2) is 0 Å². The molecule has 22 heavy (non-hydrogen) atoms. The standard InChI is InChI=1S/C17H28N2O3/c1-13(2)19-9-5-6-16(17(19)20)18(10-11-21-4)12-15-8-7-14(3)22-15/h7-8,13,16H,5-6,9-12H2,1-4H3/t16-/m1/s1. The molecular formula is C17H28N2O3. The molecule has 0 aliphatic carbocycles. The highest BCUT2D eigenvalue weighted by Gasteiger charge is 2.34. The Morgan fingerprint density at radius 1 is 1.45 bits per heavy atom. The van der Waals surface area contributed by atoms with Crippen LogP contribution >= 0.6 is 0 Å². The van der Waals surface area contributed by atoms with Crippen LogP contribution in [0, 0.1) is 6.92 Å². The van der Waals surface area contributed by atoms with E-state index in [0.29, 0.717) is 13.2 Å². The molecule has 0 bridgehead atoms. The zero-order chi connectivity index (χ0) is 16.1. The first-order valence-corrected chi connectivity index (χ1v) is 8.11. The van der Waals surface area contributed by atoms with E-state index in [1.807, 2.05) is 24.0 Å². The van der Waals surface area contributed by atoms with E-state index >= 15 is 0 Å². The number of methoxy groups -OCH3 is 1. The van der Waals surface area contributed by atoms with Gasteiger partial charge < -0.3 is 14.1 Å². The highest BCUT2D eigenvalue weighted by atomic mass is 16.5. The number of furan rings is 1. The van der Waals surface area contributed by atoms with Crippen molar-refractivity contribution in [2.45, 2.75) is 52.2 Å². The maximum atomic E-state index is 12.8. The van der Waals surface area contributed by atoms with Gasteiger partial charge in [0.1, 0.15) is 11.5 Å². The Hall–Kier alpha value is -1.33. The lowest BCUT2D eigenvalue weighted by atomic mass is 10.0. The second-order valence-corrected chi connectivity index (χ2v) is 6.26. The number of likely N-dealkylation sites (tertiary alicyclic amines) is 1. The van der Waals surface area contributed by atoms with E-state index in [9.17, 15) is 4.79 Å². The van der Waals surface area contributed by atoms with Crippen LogP contribution in [0.1, 0.15) is 38.2 Å². The van der Waals surface area contributed by atoms with Gasteiger partial charge in [0.2, 0.25) is 5.91 Å². The van der Waals surface area contributed by atoms with Crippen molar-refractivity contribution in [1.29, 1.82) is 0 Å². The summed E-state index contributed by atoms with van der Waals surface area (Å²) in [4.78, 5) is 17.0. The third-order valence-corrected chi connectivity index (χ3v) is 4.25. The molecule has 1 atom stereocenters. The molecule has 1 aromatic heterocycles. The first kappa shape index (κ1) is 17.0. The summed E-state index contributed by atoms with van der Waals surface area (Å²) in [6, 6.07) is 4.14. The number of amides is 1. The van der Waals surface area contributed by atoms with Gasteiger partial charge in [-0.1, -0.05) is 0 Å². The predicted molar refractivity (Wildman–Crippen MR) is 85.6 cm³/mol. The van der Waals surface area contributed by atoms with Crippen molar-refractivity contribution in [2.24, 2.45) is 0 Å². The second-order valence-electron chi connectivity index (χ2n) is 6.26. The minimum atomic E-state index is -0.0725. The molecule has 2 heterocycles. The summed E-state index contributed by atoms with van der Waals surface area (Å²) in [7, 11) is 1.69. The highest BCUT2D eigenvalue weighted by molar-refractivity contribution is 5.82. The van der Waals surface area contributed by atoms with Crippen LogP contribution in [-0.4, -0.2) is 54.6 Å². The fourth-order valence-electron chi connectivity index (χ4n) is 3.06. The summed E-state index contributed by atoms with van der Waals surface area (Å²) < 4.78 is 10.9. The number of hydrogen-bond acceptors (Lipinski definition) is 4. The van der Waals surface area contributed by atoms with Gasteiger partial charge in [-0.25, -0.2) is 0 Å². The minimum Gasteiger partial charge on any atom is -0.465 e. The fourth-order valence-corrected chi connectivity index (χ4v) is 3.06. The summed E-state index contributed by atoms with van der Waals surface area (Å²) in [6.45, 7) is 8.97. The monoisotopic (exact) mass is 308 g/mol. The molecule has 1 saturated heterocycles.